The molecule has 10 heteroatoms. The Balaban J connectivity index is 1.52. The second-order valence-electron chi connectivity index (χ2n) is 5.94. The molecule has 28 heavy (non-hydrogen) atoms. The van der Waals surface area contributed by atoms with E-state index in [0.717, 1.165) is 10.2 Å². The van der Waals surface area contributed by atoms with Gasteiger partial charge in [-0.25, -0.2) is 18.4 Å². The minimum absolute atomic E-state index is 0.255. The summed E-state index contributed by atoms with van der Waals surface area (Å²) in [6.45, 7) is 0. The molecule has 0 atom stereocenters. The molecule has 7 nitrogen and oxygen atoms in total. The number of fused-ring (bicyclic) bond motifs is 1. The fourth-order valence-corrected chi connectivity index (χ4v) is 4.24. The largest absolute Gasteiger partial charge is 0.324 e. The Morgan fingerprint density at radius 1 is 1.00 bits per heavy atom. The zero-order valence-electron chi connectivity index (χ0n) is 14.5. The summed E-state index contributed by atoms with van der Waals surface area (Å²) in [6.07, 6.45) is 2.79. The Hall–Kier alpha value is -2.75. The number of halogens is 1. The normalized spacial score (nSPS) is 11.5. The molecule has 0 aliphatic carbocycles. The third-order valence-corrected chi connectivity index (χ3v) is 6.08. The van der Waals surface area contributed by atoms with Gasteiger partial charge in [0.15, 0.2) is 15.0 Å². The van der Waals surface area contributed by atoms with E-state index in [-0.39, 0.29) is 4.90 Å². The van der Waals surface area contributed by atoms with Crippen LogP contribution in [0.3, 0.4) is 0 Å². The number of nitrogens with one attached hydrogen (secondary N) is 2. The first-order valence-corrected chi connectivity index (χ1v) is 11.2. The lowest BCUT2D eigenvalue weighted by Crippen LogP contribution is -2.01. The second-order valence-corrected chi connectivity index (χ2v) is 9.43. The first-order chi connectivity index (χ1) is 13.4. The van der Waals surface area contributed by atoms with Gasteiger partial charge < -0.3 is 10.6 Å². The number of anilines is 4. The molecule has 0 unspecified atom stereocenters. The highest BCUT2D eigenvalue weighted by molar-refractivity contribution is 7.90. The average Bonchev–Trinajstić information content (AvgIpc) is 3.03. The van der Waals surface area contributed by atoms with Crippen molar-refractivity contribution in [2.75, 3.05) is 16.9 Å². The van der Waals surface area contributed by atoms with Crippen molar-refractivity contribution in [2.45, 2.75) is 4.90 Å². The predicted octanol–water partition coefficient (Wildman–Crippen LogP) is 4.63. The SMILES string of the molecule is CS(=O)(=O)c1ccc(Nc2nccc(Nc3nc4ccc(Cl)cc4s3)n2)cc1. The third kappa shape index (κ3) is 4.22. The van der Waals surface area contributed by atoms with Gasteiger partial charge in [0, 0.05) is 23.2 Å². The number of hydrogen-bond donors (Lipinski definition) is 2. The van der Waals surface area contributed by atoms with Gasteiger partial charge in [-0.15, -0.1) is 0 Å². The van der Waals surface area contributed by atoms with E-state index in [0.29, 0.717) is 27.6 Å². The van der Waals surface area contributed by atoms with Gasteiger partial charge in [0.25, 0.3) is 0 Å². The van der Waals surface area contributed by atoms with Gasteiger partial charge in [-0.2, -0.15) is 4.98 Å². The maximum Gasteiger partial charge on any atom is 0.229 e. The van der Waals surface area contributed by atoms with Crippen molar-refractivity contribution in [2.24, 2.45) is 0 Å². The summed E-state index contributed by atoms with van der Waals surface area (Å²) in [5.74, 6) is 0.955. The molecule has 0 bridgehead atoms. The van der Waals surface area contributed by atoms with Gasteiger partial charge in [-0.3, -0.25) is 0 Å². The van der Waals surface area contributed by atoms with Crippen LogP contribution >= 0.6 is 22.9 Å². The van der Waals surface area contributed by atoms with Crippen molar-refractivity contribution in [1.82, 2.24) is 15.0 Å². The summed E-state index contributed by atoms with van der Waals surface area (Å²) >= 11 is 7.49. The molecular weight excluding hydrogens is 418 g/mol. The predicted molar refractivity (Wildman–Crippen MR) is 113 cm³/mol. The summed E-state index contributed by atoms with van der Waals surface area (Å²) in [7, 11) is -3.23. The minimum Gasteiger partial charge on any atom is -0.324 e. The molecule has 0 aliphatic rings. The molecule has 0 amide bonds. The molecule has 0 fully saturated rings. The van der Waals surface area contributed by atoms with Crippen molar-refractivity contribution in [1.29, 1.82) is 0 Å². The maximum atomic E-state index is 11.5. The van der Waals surface area contributed by atoms with Crippen LogP contribution in [-0.2, 0) is 9.84 Å². The van der Waals surface area contributed by atoms with Crippen LogP contribution in [0.25, 0.3) is 10.2 Å². The van der Waals surface area contributed by atoms with Crippen LogP contribution in [0, 0.1) is 0 Å². The molecule has 2 heterocycles. The fraction of sp³-hybridized carbons (Fsp3) is 0.0556. The van der Waals surface area contributed by atoms with E-state index in [1.54, 1.807) is 30.5 Å². The third-order valence-electron chi connectivity index (χ3n) is 3.78. The molecule has 0 aliphatic heterocycles. The van der Waals surface area contributed by atoms with Crippen LogP contribution in [0.4, 0.5) is 22.6 Å². The number of thiazole rings is 1. The van der Waals surface area contributed by atoms with E-state index in [9.17, 15) is 8.42 Å². The Bertz CT molecular complexity index is 1260. The average molecular weight is 432 g/mol. The van der Waals surface area contributed by atoms with Crippen LogP contribution in [0.2, 0.25) is 5.02 Å². The Morgan fingerprint density at radius 2 is 1.79 bits per heavy atom. The van der Waals surface area contributed by atoms with E-state index in [2.05, 4.69) is 25.6 Å². The van der Waals surface area contributed by atoms with Crippen LogP contribution in [0.1, 0.15) is 0 Å². The van der Waals surface area contributed by atoms with Crippen molar-refractivity contribution in [3.63, 3.8) is 0 Å². The number of rotatable bonds is 5. The minimum atomic E-state index is -3.23. The molecule has 0 saturated carbocycles. The summed E-state index contributed by atoms with van der Waals surface area (Å²) < 4.78 is 24.1. The summed E-state index contributed by atoms with van der Waals surface area (Å²) in [5, 5.41) is 7.57. The summed E-state index contributed by atoms with van der Waals surface area (Å²) in [5.41, 5.74) is 1.54. The molecule has 2 aromatic heterocycles. The first-order valence-electron chi connectivity index (χ1n) is 8.10. The number of benzene rings is 2. The summed E-state index contributed by atoms with van der Waals surface area (Å²) in [4.78, 5) is 13.4. The van der Waals surface area contributed by atoms with E-state index < -0.39 is 9.84 Å². The van der Waals surface area contributed by atoms with Crippen LogP contribution in [-0.4, -0.2) is 29.6 Å². The second kappa shape index (κ2) is 7.34. The zero-order chi connectivity index (χ0) is 19.7. The molecule has 0 saturated heterocycles. The van der Waals surface area contributed by atoms with Crippen LogP contribution < -0.4 is 10.6 Å². The van der Waals surface area contributed by atoms with E-state index in [4.69, 9.17) is 11.6 Å². The maximum absolute atomic E-state index is 11.5. The molecule has 2 aromatic carbocycles. The molecule has 142 valence electrons. The van der Waals surface area contributed by atoms with E-state index >= 15 is 0 Å². The van der Waals surface area contributed by atoms with Crippen molar-refractivity contribution >= 4 is 65.6 Å². The molecule has 2 N–H and O–H groups in total. The number of aromatic nitrogens is 3. The van der Waals surface area contributed by atoms with Gasteiger partial charge in [0.2, 0.25) is 5.95 Å². The number of hydrogen-bond acceptors (Lipinski definition) is 8. The molecule has 0 spiro atoms. The van der Waals surface area contributed by atoms with Crippen LogP contribution in [0.15, 0.2) is 59.6 Å². The van der Waals surface area contributed by atoms with Gasteiger partial charge in [-0.1, -0.05) is 22.9 Å². The van der Waals surface area contributed by atoms with Gasteiger partial charge in [0.1, 0.15) is 5.82 Å². The van der Waals surface area contributed by atoms with E-state index in [1.165, 1.54) is 29.7 Å². The molecule has 0 radical (unpaired) electrons. The Morgan fingerprint density at radius 3 is 2.54 bits per heavy atom. The summed E-state index contributed by atoms with van der Waals surface area (Å²) in [6, 6.07) is 13.7. The highest BCUT2D eigenvalue weighted by Crippen LogP contribution is 2.30. The van der Waals surface area contributed by atoms with Crippen molar-refractivity contribution < 1.29 is 8.42 Å². The van der Waals surface area contributed by atoms with Gasteiger partial charge in [0.05, 0.1) is 15.1 Å². The topological polar surface area (TPSA) is 96.9 Å². The van der Waals surface area contributed by atoms with Crippen molar-refractivity contribution in [3.8, 4) is 0 Å². The quantitative estimate of drug-likeness (QED) is 0.475. The smallest absolute Gasteiger partial charge is 0.229 e. The van der Waals surface area contributed by atoms with Gasteiger partial charge in [-0.05, 0) is 48.5 Å². The molecule has 4 rings (SSSR count). The number of nitrogens with zero attached hydrogens (tertiary/aromatic N) is 3. The Kier molecular flexibility index (Phi) is 4.88. The first kappa shape index (κ1) is 18.6. The lowest BCUT2D eigenvalue weighted by Gasteiger charge is -2.07. The van der Waals surface area contributed by atoms with Crippen LogP contribution in [0.5, 0.6) is 0 Å². The lowest BCUT2D eigenvalue weighted by atomic mass is 10.3. The fourth-order valence-electron chi connectivity index (χ4n) is 2.46. The standard InChI is InChI=1S/C18H14ClN5O2S2/c1-28(25,26)13-5-3-12(4-6-13)21-17-20-9-8-16(23-17)24-18-22-14-7-2-11(19)10-15(14)27-18/h2-10H,1H3,(H2,20,21,22,23,24). The molecule has 4 aromatic rings. The number of sulfone groups is 1. The highest BCUT2D eigenvalue weighted by atomic mass is 35.5. The zero-order valence-corrected chi connectivity index (χ0v) is 16.9. The monoisotopic (exact) mass is 431 g/mol. The van der Waals surface area contributed by atoms with E-state index in [1.807, 2.05) is 12.1 Å². The van der Waals surface area contributed by atoms with Gasteiger partial charge >= 0.3 is 0 Å². The highest BCUT2D eigenvalue weighted by Gasteiger charge is 2.08. The lowest BCUT2D eigenvalue weighted by molar-refractivity contribution is 0.602. The van der Waals surface area contributed by atoms with Crippen molar-refractivity contribution in [3.05, 3.63) is 59.8 Å². The molecular formula is C18H14ClN5O2S2. The Labute approximate surface area is 170 Å².